The fourth-order valence-electron chi connectivity index (χ4n) is 2.41. The maximum Gasteiger partial charge on any atom is 0.315 e. The van der Waals surface area contributed by atoms with Crippen molar-refractivity contribution < 1.29 is 9.15 Å². The highest BCUT2D eigenvalue weighted by Crippen LogP contribution is 2.39. The van der Waals surface area contributed by atoms with E-state index >= 15 is 0 Å². The Balaban J connectivity index is 1.52. The summed E-state index contributed by atoms with van der Waals surface area (Å²) in [6.45, 7) is 0. The number of hydrogen-bond donors (Lipinski definition) is 1. The first-order chi connectivity index (χ1) is 8.35. The van der Waals surface area contributed by atoms with E-state index in [0.717, 1.165) is 31.6 Å². The molecule has 2 aliphatic rings. The second-order valence-electron chi connectivity index (χ2n) is 5.07. The van der Waals surface area contributed by atoms with Crippen LogP contribution >= 0.6 is 0 Å². The Hall–Kier alpha value is -1.10. The number of hydrogen-bond acceptors (Lipinski definition) is 5. The molecule has 2 aliphatic carbocycles. The zero-order valence-corrected chi connectivity index (χ0v) is 10.2. The van der Waals surface area contributed by atoms with Gasteiger partial charge in [-0.05, 0) is 38.5 Å². The summed E-state index contributed by atoms with van der Waals surface area (Å²) in [4.78, 5) is 0. The molecule has 1 aromatic rings. The molecular weight excluding hydrogens is 218 g/mol. The topological polar surface area (TPSA) is 60.2 Å². The third-order valence-corrected chi connectivity index (χ3v) is 3.70. The molecule has 1 N–H and O–H groups in total. The van der Waals surface area contributed by atoms with Gasteiger partial charge in [-0.3, -0.25) is 0 Å². The minimum absolute atomic E-state index is 0.428. The number of ether oxygens (including phenoxy) is 1. The van der Waals surface area contributed by atoms with Gasteiger partial charge in [-0.25, -0.2) is 0 Å². The van der Waals surface area contributed by atoms with Gasteiger partial charge < -0.3 is 14.5 Å². The molecule has 0 aromatic carbocycles. The molecular formula is C12H19N3O2. The lowest BCUT2D eigenvalue weighted by Crippen LogP contribution is -2.29. The zero-order chi connectivity index (χ0) is 11.7. The van der Waals surface area contributed by atoms with Crippen molar-refractivity contribution in [2.24, 2.45) is 0 Å². The second kappa shape index (κ2) is 4.64. The van der Waals surface area contributed by atoms with Crippen molar-refractivity contribution in [2.45, 2.75) is 56.6 Å². The number of nitrogens with zero attached hydrogens (tertiary/aromatic N) is 2. The summed E-state index contributed by atoms with van der Waals surface area (Å²) in [5.74, 6) is 1.33. The Morgan fingerprint density at radius 3 is 2.53 bits per heavy atom. The smallest absolute Gasteiger partial charge is 0.315 e. The van der Waals surface area contributed by atoms with Gasteiger partial charge in [-0.1, -0.05) is 5.10 Å². The molecule has 17 heavy (non-hydrogen) atoms. The van der Waals surface area contributed by atoms with E-state index < -0.39 is 0 Å². The maximum absolute atomic E-state index is 5.60. The number of aromatic nitrogens is 2. The molecule has 0 unspecified atom stereocenters. The Bertz CT molecular complexity index is 368. The molecule has 0 atom stereocenters. The third-order valence-electron chi connectivity index (χ3n) is 3.70. The molecule has 3 rings (SSSR count). The molecule has 0 aliphatic heterocycles. The van der Waals surface area contributed by atoms with E-state index in [2.05, 4.69) is 15.5 Å². The van der Waals surface area contributed by atoms with Crippen molar-refractivity contribution >= 4 is 6.01 Å². The maximum atomic E-state index is 5.60. The quantitative estimate of drug-likeness (QED) is 0.870. The van der Waals surface area contributed by atoms with Gasteiger partial charge in [0.15, 0.2) is 0 Å². The monoisotopic (exact) mass is 237 g/mol. The standard InChI is InChI=1S/C12H19N3O2/c1-16-10-6-4-9(5-7-10)13-12-15-14-11(17-12)8-2-3-8/h8-10H,2-7H2,1H3,(H,13,15). The predicted molar refractivity (Wildman–Crippen MR) is 62.9 cm³/mol. The minimum Gasteiger partial charge on any atom is -0.408 e. The van der Waals surface area contributed by atoms with E-state index in [1.165, 1.54) is 12.8 Å². The minimum atomic E-state index is 0.428. The van der Waals surface area contributed by atoms with Gasteiger partial charge in [0, 0.05) is 19.1 Å². The van der Waals surface area contributed by atoms with Crippen LogP contribution in [-0.2, 0) is 4.74 Å². The fraction of sp³-hybridized carbons (Fsp3) is 0.833. The van der Waals surface area contributed by atoms with Crippen molar-refractivity contribution in [3.05, 3.63) is 5.89 Å². The lowest BCUT2D eigenvalue weighted by atomic mass is 9.93. The normalized spacial score (nSPS) is 29.2. The van der Waals surface area contributed by atoms with E-state index in [9.17, 15) is 0 Å². The molecule has 5 nitrogen and oxygen atoms in total. The molecule has 2 saturated carbocycles. The Labute approximate surface area is 101 Å². The van der Waals surface area contributed by atoms with Crippen molar-refractivity contribution in [2.75, 3.05) is 12.4 Å². The molecule has 0 spiro atoms. The first kappa shape index (κ1) is 11.0. The van der Waals surface area contributed by atoms with Crippen LogP contribution in [0.15, 0.2) is 4.42 Å². The molecule has 0 saturated heterocycles. The first-order valence-corrected chi connectivity index (χ1v) is 6.48. The predicted octanol–water partition coefficient (Wildman–Crippen LogP) is 2.32. The Kier molecular flexibility index (Phi) is 3.01. The summed E-state index contributed by atoms with van der Waals surface area (Å²) in [6.07, 6.45) is 7.26. The lowest BCUT2D eigenvalue weighted by molar-refractivity contribution is 0.0679. The second-order valence-corrected chi connectivity index (χ2v) is 5.07. The van der Waals surface area contributed by atoms with Gasteiger partial charge in [0.05, 0.1) is 6.10 Å². The lowest BCUT2D eigenvalue weighted by Gasteiger charge is -2.27. The highest BCUT2D eigenvalue weighted by Gasteiger charge is 2.30. The van der Waals surface area contributed by atoms with E-state index in [0.29, 0.717) is 24.1 Å². The van der Waals surface area contributed by atoms with Gasteiger partial charge in [-0.2, -0.15) is 0 Å². The average molecular weight is 237 g/mol. The van der Waals surface area contributed by atoms with Crippen molar-refractivity contribution in [3.63, 3.8) is 0 Å². The van der Waals surface area contributed by atoms with Crippen LogP contribution in [0.5, 0.6) is 0 Å². The van der Waals surface area contributed by atoms with Crippen molar-refractivity contribution in [1.29, 1.82) is 0 Å². The summed E-state index contributed by atoms with van der Waals surface area (Å²) < 4.78 is 11.0. The Morgan fingerprint density at radius 1 is 1.12 bits per heavy atom. The average Bonchev–Trinajstić information content (AvgIpc) is 3.12. The van der Waals surface area contributed by atoms with E-state index in [1.807, 2.05) is 0 Å². The van der Waals surface area contributed by atoms with Crippen LogP contribution in [0.2, 0.25) is 0 Å². The van der Waals surface area contributed by atoms with Crippen LogP contribution in [0.25, 0.3) is 0 Å². The largest absolute Gasteiger partial charge is 0.408 e. The molecule has 2 fully saturated rings. The summed E-state index contributed by atoms with van der Waals surface area (Å²) in [5, 5.41) is 11.5. The van der Waals surface area contributed by atoms with E-state index in [1.54, 1.807) is 7.11 Å². The molecule has 1 heterocycles. The van der Waals surface area contributed by atoms with Gasteiger partial charge in [-0.15, -0.1) is 5.10 Å². The fourth-order valence-corrected chi connectivity index (χ4v) is 2.41. The third kappa shape index (κ3) is 2.60. The molecule has 94 valence electrons. The summed E-state index contributed by atoms with van der Waals surface area (Å²) in [5.41, 5.74) is 0. The molecule has 0 bridgehead atoms. The number of nitrogens with one attached hydrogen (secondary N) is 1. The van der Waals surface area contributed by atoms with Crippen molar-refractivity contribution in [1.82, 2.24) is 10.2 Å². The summed E-state index contributed by atoms with van der Waals surface area (Å²) in [6, 6.07) is 1.04. The van der Waals surface area contributed by atoms with Crippen LogP contribution in [0.3, 0.4) is 0 Å². The van der Waals surface area contributed by atoms with Crippen molar-refractivity contribution in [3.8, 4) is 0 Å². The number of anilines is 1. The Morgan fingerprint density at radius 2 is 1.88 bits per heavy atom. The molecule has 1 aromatic heterocycles. The van der Waals surface area contributed by atoms with Gasteiger partial charge in [0.25, 0.3) is 0 Å². The van der Waals surface area contributed by atoms with Crippen LogP contribution in [-0.4, -0.2) is 29.5 Å². The summed E-state index contributed by atoms with van der Waals surface area (Å²) in [7, 11) is 1.79. The summed E-state index contributed by atoms with van der Waals surface area (Å²) >= 11 is 0. The highest BCUT2D eigenvalue weighted by molar-refractivity contribution is 5.21. The van der Waals surface area contributed by atoms with Crippen LogP contribution in [0.4, 0.5) is 6.01 Å². The van der Waals surface area contributed by atoms with Crippen LogP contribution in [0, 0.1) is 0 Å². The van der Waals surface area contributed by atoms with Crippen LogP contribution < -0.4 is 5.32 Å². The van der Waals surface area contributed by atoms with Gasteiger partial charge in [0.1, 0.15) is 0 Å². The van der Waals surface area contributed by atoms with Crippen LogP contribution in [0.1, 0.15) is 50.3 Å². The SMILES string of the molecule is COC1CCC(Nc2nnc(C3CC3)o2)CC1. The highest BCUT2D eigenvalue weighted by atomic mass is 16.5. The molecule has 5 heteroatoms. The molecule has 0 radical (unpaired) electrons. The van der Waals surface area contributed by atoms with Gasteiger partial charge >= 0.3 is 6.01 Å². The molecule has 0 amide bonds. The van der Waals surface area contributed by atoms with Gasteiger partial charge in [0.2, 0.25) is 5.89 Å². The number of rotatable bonds is 4. The van der Waals surface area contributed by atoms with E-state index in [-0.39, 0.29) is 0 Å². The number of methoxy groups -OCH3 is 1. The van der Waals surface area contributed by atoms with E-state index in [4.69, 9.17) is 9.15 Å². The zero-order valence-electron chi connectivity index (χ0n) is 10.2. The first-order valence-electron chi connectivity index (χ1n) is 6.48.